The molecule has 0 aliphatic carbocycles. The summed E-state index contributed by atoms with van der Waals surface area (Å²) < 4.78 is 39.1. The molecule has 2 rings (SSSR count). The van der Waals surface area contributed by atoms with Crippen LogP contribution < -0.4 is 11.3 Å². The predicted octanol–water partition coefficient (Wildman–Crippen LogP) is 1.75. The van der Waals surface area contributed by atoms with Crippen molar-refractivity contribution in [3.63, 3.8) is 0 Å². The maximum atomic E-state index is 12.7. The van der Waals surface area contributed by atoms with Crippen molar-refractivity contribution >= 4 is 5.82 Å². The zero-order chi connectivity index (χ0) is 14.0. The molecule has 3 N–H and O–H groups in total. The van der Waals surface area contributed by atoms with E-state index in [1.54, 1.807) is 12.1 Å². The van der Waals surface area contributed by atoms with Crippen molar-refractivity contribution in [1.82, 2.24) is 19.7 Å². The Morgan fingerprint density at radius 3 is 2.74 bits per heavy atom. The van der Waals surface area contributed by atoms with Crippen LogP contribution in [0.3, 0.4) is 0 Å². The summed E-state index contributed by atoms with van der Waals surface area (Å²) in [6.07, 6.45) is -3.36. The first-order valence-corrected chi connectivity index (χ1v) is 5.33. The number of rotatable bonds is 3. The minimum atomic E-state index is -4.39. The van der Waals surface area contributed by atoms with Crippen LogP contribution in [-0.2, 0) is 0 Å². The molecule has 2 aromatic heterocycles. The average Bonchev–Trinajstić information content (AvgIpc) is 2.85. The molecule has 1 unspecified atom stereocenters. The van der Waals surface area contributed by atoms with Crippen molar-refractivity contribution in [2.75, 3.05) is 5.43 Å². The number of anilines is 1. The first kappa shape index (κ1) is 13.3. The van der Waals surface area contributed by atoms with Crippen LogP contribution in [0.15, 0.2) is 24.5 Å². The highest BCUT2D eigenvalue weighted by Crippen LogP contribution is 2.32. The Kier molecular flexibility index (Phi) is 3.38. The van der Waals surface area contributed by atoms with Gasteiger partial charge in [-0.3, -0.25) is 0 Å². The van der Waals surface area contributed by atoms with Crippen molar-refractivity contribution in [2.24, 2.45) is 5.84 Å². The lowest BCUT2D eigenvalue weighted by Gasteiger charge is -2.18. The van der Waals surface area contributed by atoms with Gasteiger partial charge in [-0.1, -0.05) is 6.07 Å². The molecule has 102 valence electrons. The van der Waals surface area contributed by atoms with Crippen molar-refractivity contribution in [3.8, 4) is 11.5 Å². The van der Waals surface area contributed by atoms with Gasteiger partial charge in [0.1, 0.15) is 23.9 Å². The molecule has 6 nitrogen and oxygen atoms in total. The zero-order valence-electron chi connectivity index (χ0n) is 9.89. The van der Waals surface area contributed by atoms with Gasteiger partial charge in [0.15, 0.2) is 5.82 Å². The number of hydrogen-bond acceptors (Lipinski definition) is 5. The van der Waals surface area contributed by atoms with Gasteiger partial charge < -0.3 is 9.99 Å². The van der Waals surface area contributed by atoms with Gasteiger partial charge in [-0.25, -0.2) is 10.8 Å². The lowest BCUT2D eigenvalue weighted by atomic mass is 10.3. The fraction of sp³-hybridized carbons (Fsp3) is 0.300. The van der Waals surface area contributed by atoms with E-state index in [0.717, 1.165) is 17.8 Å². The van der Waals surface area contributed by atoms with E-state index >= 15 is 0 Å². The van der Waals surface area contributed by atoms with Gasteiger partial charge in [0, 0.05) is 0 Å². The Hall–Kier alpha value is -2.16. The third-order valence-corrected chi connectivity index (χ3v) is 2.59. The Balaban J connectivity index is 2.44. The second-order valence-corrected chi connectivity index (χ2v) is 3.83. The first-order chi connectivity index (χ1) is 8.93. The molecule has 19 heavy (non-hydrogen) atoms. The Morgan fingerprint density at radius 1 is 1.37 bits per heavy atom. The molecule has 0 aliphatic heterocycles. The van der Waals surface area contributed by atoms with E-state index in [1.807, 2.05) is 0 Å². The monoisotopic (exact) mass is 272 g/mol. The molecular formula is C10H11F3N6. The third-order valence-electron chi connectivity index (χ3n) is 2.59. The summed E-state index contributed by atoms with van der Waals surface area (Å²) in [5, 5.41) is 7.19. The van der Waals surface area contributed by atoms with Gasteiger partial charge in [-0.05, 0) is 19.1 Å². The largest absolute Gasteiger partial charge is 0.408 e. The number of aromatic nitrogens is 4. The lowest BCUT2D eigenvalue weighted by Crippen LogP contribution is -2.24. The zero-order valence-corrected chi connectivity index (χ0v) is 9.89. The fourth-order valence-corrected chi connectivity index (χ4v) is 1.51. The summed E-state index contributed by atoms with van der Waals surface area (Å²) in [4.78, 5) is 4.03. The number of alkyl halides is 3. The minimum Gasteiger partial charge on any atom is -0.308 e. The second-order valence-electron chi connectivity index (χ2n) is 3.83. The van der Waals surface area contributed by atoms with E-state index in [1.165, 1.54) is 6.07 Å². The molecule has 0 saturated heterocycles. The number of nitrogens with zero attached hydrogens (tertiary/aromatic N) is 4. The summed E-state index contributed by atoms with van der Waals surface area (Å²) >= 11 is 0. The summed E-state index contributed by atoms with van der Waals surface area (Å²) in [5.74, 6) is 5.56. The highest BCUT2D eigenvalue weighted by Gasteiger charge is 2.38. The molecule has 0 saturated carbocycles. The number of pyridine rings is 1. The van der Waals surface area contributed by atoms with E-state index in [4.69, 9.17) is 5.84 Å². The number of nitrogen functional groups attached to an aromatic ring is 1. The summed E-state index contributed by atoms with van der Waals surface area (Å²) in [7, 11) is 0. The van der Waals surface area contributed by atoms with Crippen LogP contribution >= 0.6 is 0 Å². The van der Waals surface area contributed by atoms with Crippen LogP contribution in [0, 0.1) is 0 Å². The molecule has 1 atom stereocenters. The van der Waals surface area contributed by atoms with Crippen LogP contribution in [-0.4, -0.2) is 25.9 Å². The van der Waals surface area contributed by atoms with Crippen molar-refractivity contribution in [1.29, 1.82) is 0 Å². The number of hydrogen-bond donors (Lipinski definition) is 2. The van der Waals surface area contributed by atoms with Crippen molar-refractivity contribution < 1.29 is 13.2 Å². The molecule has 2 heterocycles. The van der Waals surface area contributed by atoms with E-state index in [0.29, 0.717) is 5.82 Å². The topological polar surface area (TPSA) is 81.7 Å². The van der Waals surface area contributed by atoms with Gasteiger partial charge in [0.05, 0.1) is 0 Å². The number of nitrogens with two attached hydrogens (primary N) is 1. The van der Waals surface area contributed by atoms with Gasteiger partial charge in [0.2, 0.25) is 0 Å². The van der Waals surface area contributed by atoms with Crippen LogP contribution in [0.5, 0.6) is 0 Å². The highest BCUT2D eigenvalue weighted by atomic mass is 19.4. The summed E-state index contributed by atoms with van der Waals surface area (Å²) in [5.41, 5.74) is 2.57. The standard InChI is InChI=1S/C10H11F3N6/c1-6(10(11,12)13)19-5-15-18-9(19)7-3-2-4-8(16-7)17-14/h2-6H,14H2,1H3,(H,16,17). The Morgan fingerprint density at radius 2 is 2.11 bits per heavy atom. The minimum absolute atomic E-state index is 0.0296. The maximum absolute atomic E-state index is 12.7. The normalized spacial score (nSPS) is 13.3. The SMILES string of the molecule is CC(n1cnnc1-c1cccc(NN)n1)C(F)(F)F. The Bertz CT molecular complexity index is 564. The van der Waals surface area contributed by atoms with E-state index < -0.39 is 12.2 Å². The average molecular weight is 272 g/mol. The molecule has 0 spiro atoms. The maximum Gasteiger partial charge on any atom is 0.408 e. The molecule has 2 aromatic rings. The third kappa shape index (κ3) is 2.65. The van der Waals surface area contributed by atoms with Gasteiger partial charge in [-0.2, -0.15) is 13.2 Å². The fourth-order valence-electron chi connectivity index (χ4n) is 1.51. The Labute approximate surface area is 106 Å². The number of hydrazine groups is 1. The van der Waals surface area contributed by atoms with Crippen LogP contribution in [0.1, 0.15) is 13.0 Å². The molecule has 0 fully saturated rings. The second kappa shape index (κ2) is 4.84. The smallest absolute Gasteiger partial charge is 0.308 e. The van der Waals surface area contributed by atoms with Crippen LogP contribution in [0.25, 0.3) is 11.5 Å². The van der Waals surface area contributed by atoms with Crippen LogP contribution in [0.4, 0.5) is 19.0 Å². The quantitative estimate of drug-likeness (QED) is 0.657. The molecule has 0 radical (unpaired) electrons. The first-order valence-electron chi connectivity index (χ1n) is 5.33. The van der Waals surface area contributed by atoms with E-state index in [-0.39, 0.29) is 11.5 Å². The van der Waals surface area contributed by atoms with Gasteiger partial charge in [0.25, 0.3) is 0 Å². The predicted molar refractivity (Wildman–Crippen MR) is 61.8 cm³/mol. The molecule has 0 aromatic carbocycles. The number of halogens is 3. The highest BCUT2D eigenvalue weighted by molar-refractivity contribution is 5.53. The van der Waals surface area contributed by atoms with Gasteiger partial charge in [-0.15, -0.1) is 10.2 Å². The molecular weight excluding hydrogens is 261 g/mol. The molecule has 0 amide bonds. The van der Waals surface area contributed by atoms with Crippen molar-refractivity contribution in [2.45, 2.75) is 19.1 Å². The number of nitrogens with one attached hydrogen (secondary N) is 1. The summed E-state index contributed by atoms with van der Waals surface area (Å²) in [6, 6.07) is 2.98. The lowest BCUT2D eigenvalue weighted by molar-refractivity contribution is -0.162. The van der Waals surface area contributed by atoms with Gasteiger partial charge >= 0.3 is 6.18 Å². The molecule has 0 bridgehead atoms. The van der Waals surface area contributed by atoms with E-state index in [2.05, 4.69) is 20.6 Å². The van der Waals surface area contributed by atoms with Crippen molar-refractivity contribution in [3.05, 3.63) is 24.5 Å². The molecule has 0 aliphatic rings. The van der Waals surface area contributed by atoms with Crippen LogP contribution in [0.2, 0.25) is 0 Å². The summed E-state index contributed by atoms with van der Waals surface area (Å²) in [6.45, 7) is 1.03. The molecule has 9 heteroatoms. The van der Waals surface area contributed by atoms with E-state index in [9.17, 15) is 13.2 Å².